The molecule has 0 unspecified atom stereocenters. The van der Waals surface area contributed by atoms with E-state index in [0.717, 1.165) is 41.0 Å². The summed E-state index contributed by atoms with van der Waals surface area (Å²) in [4.78, 5) is 27.6. The van der Waals surface area contributed by atoms with Crippen LogP contribution in [-0.2, 0) is 16.1 Å². The number of benzene rings is 3. The molecule has 2 N–H and O–H groups in total. The molecule has 4 rings (SSSR count). The van der Waals surface area contributed by atoms with Crippen molar-refractivity contribution in [1.82, 2.24) is 10.2 Å². The maximum absolute atomic E-state index is 13.4. The van der Waals surface area contributed by atoms with E-state index in [1.54, 1.807) is 18.9 Å². The Morgan fingerprint density at radius 3 is 2.52 bits per heavy atom. The van der Waals surface area contributed by atoms with Gasteiger partial charge < -0.3 is 19.9 Å². The molecule has 1 fully saturated rings. The fourth-order valence-electron chi connectivity index (χ4n) is 5.22. The SMILES string of the molecule is COC[C@H]1C[C@H](Oc2ccccc2)CN1Cc1ccc(C(=O)N[C@@H](CCSC)C(=O)O)c(-c2ccccc2C)c1. The molecular weight excluding hydrogens is 524 g/mol. The van der Waals surface area contributed by atoms with Gasteiger partial charge in [0, 0.05) is 38.2 Å². The Labute approximate surface area is 240 Å². The number of likely N-dealkylation sites (tertiary alicyclic amines) is 1. The molecule has 0 aromatic heterocycles. The molecule has 1 saturated heterocycles. The minimum atomic E-state index is -1.03. The summed E-state index contributed by atoms with van der Waals surface area (Å²) in [6.45, 7) is 4.06. The summed E-state index contributed by atoms with van der Waals surface area (Å²) >= 11 is 1.56. The van der Waals surface area contributed by atoms with Gasteiger partial charge in [0.2, 0.25) is 0 Å². The second-order valence-electron chi connectivity index (χ2n) is 10.2. The van der Waals surface area contributed by atoms with Gasteiger partial charge in [0.1, 0.15) is 17.9 Å². The zero-order valence-corrected chi connectivity index (χ0v) is 24.2. The highest BCUT2D eigenvalue weighted by Crippen LogP contribution is 2.31. The van der Waals surface area contributed by atoms with E-state index in [0.29, 0.717) is 30.9 Å². The second-order valence-corrected chi connectivity index (χ2v) is 11.2. The highest BCUT2D eigenvalue weighted by Gasteiger charge is 2.33. The zero-order chi connectivity index (χ0) is 28.5. The lowest BCUT2D eigenvalue weighted by molar-refractivity contribution is -0.139. The van der Waals surface area contributed by atoms with Crippen LogP contribution in [0.1, 0.15) is 34.3 Å². The van der Waals surface area contributed by atoms with E-state index in [2.05, 4.69) is 16.3 Å². The van der Waals surface area contributed by atoms with Gasteiger partial charge >= 0.3 is 5.97 Å². The van der Waals surface area contributed by atoms with Gasteiger partial charge in [-0.15, -0.1) is 0 Å². The molecule has 40 heavy (non-hydrogen) atoms. The van der Waals surface area contributed by atoms with Crippen molar-refractivity contribution >= 4 is 23.6 Å². The first kappa shape index (κ1) is 29.6. The van der Waals surface area contributed by atoms with Crippen LogP contribution in [0.3, 0.4) is 0 Å². The maximum atomic E-state index is 13.4. The number of hydrogen-bond acceptors (Lipinski definition) is 6. The number of para-hydroxylation sites is 1. The topological polar surface area (TPSA) is 88.1 Å². The molecule has 3 aromatic rings. The monoisotopic (exact) mass is 562 g/mol. The normalized spacial score (nSPS) is 17.9. The van der Waals surface area contributed by atoms with E-state index in [-0.39, 0.29) is 18.1 Å². The molecule has 0 radical (unpaired) electrons. The van der Waals surface area contributed by atoms with E-state index in [1.165, 1.54) is 0 Å². The summed E-state index contributed by atoms with van der Waals surface area (Å²) in [5, 5.41) is 12.4. The third-order valence-corrected chi connectivity index (χ3v) is 7.90. The Morgan fingerprint density at radius 1 is 1.07 bits per heavy atom. The molecule has 8 heteroatoms. The zero-order valence-electron chi connectivity index (χ0n) is 23.3. The van der Waals surface area contributed by atoms with Gasteiger partial charge in [-0.05, 0) is 71.9 Å². The fraction of sp³-hybridized carbons (Fsp3) is 0.375. The summed E-state index contributed by atoms with van der Waals surface area (Å²) in [5.41, 5.74) is 4.31. The largest absolute Gasteiger partial charge is 0.489 e. The van der Waals surface area contributed by atoms with Crippen LogP contribution >= 0.6 is 11.8 Å². The third kappa shape index (κ3) is 7.65. The number of carboxylic acids is 1. The van der Waals surface area contributed by atoms with Gasteiger partial charge in [0.15, 0.2) is 0 Å². The van der Waals surface area contributed by atoms with Crippen LogP contribution in [0.25, 0.3) is 11.1 Å². The number of carboxylic acid groups (broad SMARTS) is 1. The number of ether oxygens (including phenoxy) is 2. The lowest BCUT2D eigenvalue weighted by Crippen LogP contribution is -2.41. The molecule has 212 valence electrons. The molecular formula is C32H38N2O5S. The number of nitrogens with one attached hydrogen (secondary N) is 1. The number of aliphatic carboxylic acids is 1. The number of thioether (sulfide) groups is 1. The average Bonchev–Trinajstić information content (AvgIpc) is 3.31. The molecule has 0 spiro atoms. The van der Waals surface area contributed by atoms with E-state index >= 15 is 0 Å². The van der Waals surface area contributed by atoms with Crippen molar-refractivity contribution in [2.45, 2.75) is 44.5 Å². The molecule has 0 saturated carbocycles. The number of amides is 1. The summed E-state index contributed by atoms with van der Waals surface area (Å²) in [6.07, 6.45) is 3.20. The highest BCUT2D eigenvalue weighted by atomic mass is 32.2. The second kappa shape index (κ2) is 14.3. The smallest absolute Gasteiger partial charge is 0.326 e. The highest BCUT2D eigenvalue weighted by molar-refractivity contribution is 7.98. The van der Waals surface area contributed by atoms with Gasteiger partial charge in [0.25, 0.3) is 5.91 Å². The van der Waals surface area contributed by atoms with Crippen LogP contribution in [0, 0.1) is 6.92 Å². The van der Waals surface area contributed by atoms with Gasteiger partial charge in [-0.1, -0.05) is 48.5 Å². The first-order valence-electron chi connectivity index (χ1n) is 13.6. The molecule has 7 nitrogen and oxygen atoms in total. The third-order valence-electron chi connectivity index (χ3n) is 7.26. The van der Waals surface area contributed by atoms with E-state index in [1.807, 2.05) is 79.9 Å². The number of carbonyl (C=O) groups excluding carboxylic acids is 1. The summed E-state index contributed by atoms with van der Waals surface area (Å²) in [5.74, 6) is 0.101. The Hall–Kier alpha value is -3.33. The minimum Gasteiger partial charge on any atom is -0.489 e. The predicted octanol–water partition coefficient (Wildman–Crippen LogP) is 5.27. The van der Waals surface area contributed by atoms with Gasteiger partial charge in [-0.2, -0.15) is 11.8 Å². The van der Waals surface area contributed by atoms with E-state index in [9.17, 15) is 14.7 Å². The van der Waals surface area contributed by atoms with Crippen LogP contribution in [0.5, 0.6) is 5.75 Å². The summed E-state index contributed by atoms with van der Waals surface area (Å²) in [6, 6.07) is 22.9. The first-order valence-corrected chi connectivity index (χ1v) is 14.9. The quantitative estimate of drug-likeness (QED) is 0.294. The number of aryl methyl sites for hydroxylation is 1. The van der Waals surface area contributed by atoms with Crippen LogP contribution in [-0.4, -0.2) is 72.3 Å². The molecule has 0 bridgehead atoms. The lowest BCUT2D eigenvalue weighted by Gasteiger charge is -2.24. The van der Waals surface area contributed by atoms with E-state index in [4.69, 9.17) is 9.47 Å². The first-order chi connectivity index (χ1) is 19.4. The van der Waals surface area contributed by atoms with Crippen molar-refractivity contribution in [3.8, 4) is 16.9 Å². The molecule has 3 atom stereocenters. The van der Waals surface area contributed by atoms with Crippen molar-refractivity contribution in [3.05, 3.63) is 89.5 Å². The Morgan fingerprint density at radius 2 is 1.82 bits per heavy atom. The lowest BCUT2D eigenvalue weighted by atomic mass is 9.93. The minimum absolute atomic E-state index is 0.0534. The van der Waals surface area contributed by atoms with Gasteiger partial charge in [-0.3, -0.25) is 9.69 Å². The van der Waals surface area contributed by atoms with Crippen molar-refractivity contribution in [3.63, 3.8) is 0 Å². The summed E-state index contributed by atoms with van der Waals surface area (Å²) in [7, 11) is 1.72. The summed E-state index contributed by atoms with van der Waals surface area (Å²) < 4.78 is 11.8. The average molecular weight is 563 g/mol. The molecule has 3 aromatic carbocycles. The van der Waals surface area contributed by atoms with E-state index < -0.39 is 12.0 Å². The van der Waals surface area contributed by atoms with Gasteiger partial charge in [0.05, 0.1) is 6.61 Å². The predicted molar refractivity (Wildman–Crippen MR) is 160 cm³/mol. The number of methoxy groups -OCH3 is 1. The Kier molecular flexibility index (Phi) is 10.6. The molecule has 1 heterocycles. The number of hydrogen-bond donors (Lipinski definition) is 2. The number of rotatable bonds is 13. The van der Waals surface area contributed by atoms with Crippen molar-refractivity contribution < 1.29 is 24.2 Å². The molecule has 1 aliphatic rings. The van der Waals surface area contributed by atoms with Crippen LogP contribution in [0.4, 0.5) is 0 Å². The van der Waals surface area contributed by atoms with Gasteiger partial charge in [-0.25, -0.2) is 4.79 Å². The fourth-order valence-corrected chi connectivity index (χ4v) is 5.69. The Bertz CT molecular complexity index is 1290. The van der Waals surface area contributed by atoms with Crippen molar-refractivity contribution in [2.24, 2.45) is 0 Å². The van der Waals surface area contributed by atoms with Crippen molar-refractivity contribution in [1.29, 1.82) is 0 Å². The Balaban J connectivity index is 1.59. The molecule has 0 aliphatic carbocycles. The number of nitrogens with zero attached hydrogens (tertiary/aromatic N) is 1. The molecule has 1 aliphatic heterocycles. The number of carbonyl (C=O) groups is 2. The van der Waals surface area contributed by atoms with Crippen molar-refractivity contribution in [2.75, 3.05) is 32.3 Å². The maximum Gasteiger partial charge on any atom is 0.326 e. The van der Waals surface area contributed by atoms with Crippen LogP contribution < -0.4 is 10.1 Å². The van der Waals surface area contributed by atoms with Crippen LogP contribution in [0.2, 0.25) is 0 Å². The van der Waals surface area contributed by atoms with Crippen LogP contribution in [0.15, 0.2) is 72.8 Å². The standard InChI is InChI=1S/C32H38N2O5S/c1-22-9-7-8-12-27(22)29-17-23(13-14-28(29)31(35)33-30(32(36)37)15-16-40-3)19-34-20-26(18-24(34)21-38-2)39-25-10-5-4-6-11-25/h4-14,17,24,26,30H,15-16,18-21H2,1-3H3,(H,33,35)(H,36,37)/t24-,26+,30+/m1/s1. The molecule has 1 amide bonds.